The molecule has 0 spiro atoms. The predicted octanol–water partition coefficient (Wildman–Crippen LogP) is 2.57. The van der Waals surface area contributed by atoms with Gasteiger partial charge in [-0.05, 0) is 48.9 Å². The van der Waals surface area contributed by atoms with Crippen molar-refractivity contribution in [2.75, 3.05) is 33.4 Å². The van der Waals surface area contributed by atoms with Gasteiger partial charge in [0.25, 0.3) is 0 Å². The molecule has 170 valence electrons. The van der Waals surface area contributed by atoms with Crippen LogP contribution in [-0.2, 0) is 4.79 Å². The van der Waals surface area contributed by atoms with Crippen LogP contribution in [0.3, 0.4) is 0 Å². The highest BCUT2D eigenvalue weighted by atomic mass is 19.1. The van der Waals surface area contributed by atoms with Crippen molar-refractivity contribution in [1.82, 2.24) is 4.90 Å². The standard InChI is InChI=1S/C25H28FNO5/c1-17(29)25(2)16-27(24(30)15-28)14-21(25)19-8-11-22(31-3)23(13-19)32-12-4-5-18-6-9-20(26)10-7-18/h6-11,13,17,21,28-29H,12,14-16H2,1-3H3. The summed E-state index contributed by atoms with van der Waals surface area (Å²) in [6, 6.07) is 11.4. The zero-order valence-electron chi connectivity index (χ0n) is 18.5. The second-order valence-corrected chi connectivity index (χ2v) is 8.17. The molecule has 2 N–H and O–H groups in total. The lowest BCUT2D eigenvalue weighted by atomic mass is 9.72. The topological polar surface area (TPSA) is 79.2 Å². The maximum atomic E-state index is 13.0. The quantitative estimate of drug-likeness (QED) is 0.674. The average molecular weight is 441 g/mol. The predicted molar refractivity (Wildman–Crippen MR) is 118 cm³/mol. The van der Waals surface area contributed by atoms with Gasteiger partial charge in [0.1, 0.15) is 19.0 Å². The first-order valence-electron chi connectivity index (χ1n) is 10.4. The van der Waals surface area contributed by atoms with Gasteiger partial charge in [0.2, 0.25) is 5.91 Å². The van der Waals surface area contributed by atoms with Gasteiger partial charge < -0.3 is 24.6 Å². The van der Waals surface area contributed by atoms with E-state index in [0.29, 0.717) is 30.2 Å². The summed E-state index contributed by atoms with van der Waals surface area (Å²) in [7, 11) is 1.54. The molecular formula is C25H28FNO5. The van der Waals surface area contributed by atoms with Crippen molar-refractivity contribution in [1.29, 1.82) is 0 Å². The molecule has 3 unspecified atom stereocenters. The van der Waals surface area contributed by atoms with Gasteiger partial charge in [-0.2, -0.15) is 0 Å². The Balaban J connectivity index is 1.82. The lowest BCUT2D eigenvalue weighted by molar-refractivity contribution is -0.133. The van der Waals surface area contributed by atoms with Gasteiger partial charge in [0, 0.05) is 30.0 Å². The molecule has 0 aromatic heterocycles. The smallest absolute Gasteiger partial charge is 0.248 e. The molecule has 0 bridgehead atoms. The maximum Gasteiger partial charge on any atom is 0.248 e. The first kappa shape index (κ1) is 23.6. The van der Waals surface area contributed by atoms with Gasteiger partial charge in [0.15, 0.2) is 11.5 Å². The third kappa shape index (κ3) is 5.04. The van der Waals surface area contributed by atoms with E-state index in [1.54, 1.807) is 37.1 Å². The molecule has 1 aliphatic heterocycles. The van der Waals surface area contributed by atoms with E-state index in [9.17, 15) is 19.4 Å². The molecule has 0 aliphatic carbocycles. The molecule has 0 radical (unpaired) electrons. The molecule has 32 heavy (non-hydrogen) atoms. The number of aliphatic hydroxyl groups excluding tert-OH is 2. The van der Waals surface area contributed by atoms with Gasteiger partial charge in [-0.1, -0.05) is 24.8 Å². The highest BCUT2D eigenvalue weighted by Crippen LogP contribution is 2.46. The number of aliphatic hydroxyl groups is 2. The number of carbonyl (C=O) groups excluding carboxylic acids is 1. The van der Waals surface area contributed by atoms with Crippen LogP contribution in [0.4, 0.5) is 4.39 Å². The number of carbonyl (C=O) groups is 1. The summed E-state index contributed by atoms with van der Waals surface area (Å²) in [5.74, 6) is 6.03. The summed E-state index contributed by atoms with van der Waals surface area (Å²) < 4.78 is 24.3. The zero-order chi connectivity index (χ0) is 23.3. The summed E-state index contributed by atoms with van der Waals surface area (Å²) in [5, 5.41) is 19.8. The van der Waals surface area contributed by atoms with Gasteiger partial charge in [-0.25, -0.2) is 4.39 Å². The molecule has 7 heteroatoms. The van der Waals surface area contributed by atoms with Crippen LogP contribution in [0.5, 0.6) is 11.5 Å². The van der Waals surface area contributed by atoms with Crippen molar-refractivity contribution in [2.24, 2.45) is 5.41 Å². The number of hydrogen-bond donors (Lipinski definition) is 2. The second kappa shape index (κ2) is 10.0. The van der Waals surface area contributed by atoms with Crippen LogP contribution in [0.25, 0.3) is 0 Å². The average Bonchev–Trinajstić information content (AvgIpc) is 3.16. The SMILES string of the molecule is COc1ccc(C2CN(C(=O)CO)CC2(C)C(C)O)cc1OCC#Cc1ccc(F)cc1. The van der Waals surface area contributed by atoms with Crippen LogP contribution >= 0.6 is 0 Å². The summed E-state index contributed by atoms with van der Waals surface area (Å²) in [4.78, 5) is 13.7. The van der Waals surface area contributed by atoms with Crippen molar-refractivity contribution in [3.05, 3.63) is 59.4 Å². The van der Waals surface area contributed by atoms with Crippen molar-refractivity contribution in [3.63, 3.8) is 0 Å². The number of halogens is 1. The highest BCUT2D eigenvalue weighted by molar-refractivity contribution is 5.77. The highest BCUT2D eigenvalue weighted by Gasteiger charge is 2.48. The molecule has 2 aromatic carbocycles. The van der Waals surface area contributed by atoms with E-state index < -0.39 is 18.1 Å². The minimum atomic E-state index is -0.669. The Kier molecular flexibility index (Phi) is 7.39. The summed E-state index contributed by atoms with van der Waals surface area (Å²) >= 11 is 0. The van der Waals surface area contributed by atoms with E-state index in [1.807, 2.05) is 19.1 Å². The molecule has 1 saturated heterocycles. The number of amides is 1. The number of rotatable bonds is 6. The number of benzene rings is 2. The van der Waals surface area contributed by atoms with Crippen molar-refractivity contribution >= 4 is 5.91 Å². The minimum Gasteiger partial charge on any atom is -0.493 e. The zero-order valence-corrected chi connectivity index (χ0v) is 18.5. The summed E-state index contributed by atoms with van der Waals surface area (Å²) in [5.41, 5.74) is 0.992. The van der Waals surface area contributed by atoms with Gasteiger partial charge in [0.05, 0.1) is 13.2 Å². The van der Waals surface area contributed by atoms with E-state index in [1.165, 1.54) is 12.1 Å². The van der Waals surface area contributed by atoms with Crippen LogP contribution < -0.4 is 9.47 Å². The Morgan fingerprint density at radius 2 is 2.00 bits per heavy atom. The number of methoxy groups -OCH3 is 1. The van der Waals surface area contributed by atoms with E-state index in [-0.39, 0.29) is 24.2 Å². The van der Waals surface area contributed by atoms with E-state index in [4.69, 9.17) is 9.47 Å². The molecule has 1 amide bonds. The number of ether oxygens (including phenoxy) is 2. The fourth-order valence-electron chi connectivity index (χ4n) is 4.02. The first-order chi connectivity index (χ1) is 15.3. The van der Waals surface area contributed by atoms with Crippen LogP contribution in [0.1, 0.15) is 30.9 Å². The second-order valence-electron chi connectivity index (χ2n) is 8.17. The Morgan fingerprint density at radius 3 is 2.62 bits per heavy atom. The van der Waals surface area contributed by atoms with Crippen LogP contribution in [0, 0.1) is 23.1 Å². The van der Waals surface area contributed by atoms with E-state index >= 15 is 0 Å². The van der Waals surface area contributed by atoms with E-state index in [2.05, 4.69) is 11.8 Å². The third-order valence-corrected chi connectivity index (χ3v) is 6.14. The monoisotopic (exact) mass is 441 g/mol. The van der Waals surface area contributed by atoms with Crippen LogP contribution in [0.15, 0.2) is 42.5 Å². The normalized spacial score (nSPS) is 20.9. The van der Waals surface area contributed by atoms with Crippen molar-refractivity contribution < 1.29 is 28.9 Å². The lowest BCUT2D eigenvalue weighted by Gasteiger charge is -2.33. The van der Waals surface area contributed by atoms with Gasteiger partial charge in [-0.3, -0.25) is 4.79 Å². The number of likely N-dealkylation sites (tertiary alicyclic amines) is 1. The molecule has 0 saturated carbocycles. The Morgan fingerprint density at radius 1 is 1.28 bits per heavy atom. The fraction of sp³-hybridized carbons (Fsp3) is 0.400. The Labute approximate surface area is 187 Å². The minimum absolute atomic E-state index is 0.102. The molecule has 1 fully saturated rings. The Hall–Kier alpha value is -3.08. The van der Waals surface area contributed by atoms with E-state index in [0.717, 1.165) is 5.56 Å². The summed E-state index contributed by atoms with van der Waals surface area (Å²) in [6.45, 7) is 3.92. The molecule has 6 nitrogen and oxygen atoms in total. The molecule has 3 rings (SSSR count). The number of nitrogens with zero attached hydrogens (tertiary/aromatic N) is 1. The molecular weight excluding hydrogens is 413 g/mol. The largest absolute Gasteiger partial charge is 0.493 e. The van der Waals surface area contributed by atoms with Gasteiger partial charge >= 0.3 is 0 Å². The molecule has 1 heterocycles. The summed E-state index contributed by atoms with van der Waals surface area (Å²) in [6.07, 6.45) is -0.669. The van der Waals surface area contributed by atoms with Crippen molar-refractivity contribution in [2.45, 2.75) is 25.9 Å². The fourth-order valence-corrected chi connectivity index (χ4v) is 4.02. The Bertz CT molecular complexity index is 1010. The molecule has 2 aromatic rings. The van der Waals surface area contributed by atoms with Gasteiger partial charge in [-0.15, -0.1) is 0 Å². The molecule has 1 aliphatic rings. The molecule has 3 atom stereocenters. The van der Waals surface area contributed by atoms with Crippen LogP contribution in [0.2, 0.25) is 0 Å². The first-order valence-corrected chi connectivity index (χ1v) is 10.4. The number of hydrogen-bond acceptors (Lipinski definition) is 5. The van der Waals surface area contributed by atoms with Crippen molar-refractivity contribution in [3.8, 4) is 23.3 Å². The van der Waals surface area contributed by atoms with Crippen LogP contribution in [-0.4, -0.2) is 60.5 Å². The third-order valence-electron chi connectivity index (χ3n) is 6.14. The lowest BCUT2D eigenvalue weighted by Crippen LogP contribution is -2.38. The maximum absolute atomic E-state index is 13.0.